The van der Waals surface area contributed by atoms with Crippen LogP contribution < -0.4 is 5.32 Å². The van der Waals surface area contributed by atoms with Crippen LogP contribution in [0.5, 0.6) is 0 Å². The van der Waals surface area contributed by atoms with E-state index in [1.807, 2.05) is 0 Å². The molecule has 0 aromatic carbocycles. The molecule has 25 heavy (non-hydrogen) atoms. The summed E-state index contributed by atoms with van der Waals surface area (Å²) in [5.41, 5.74) is 0.590. The van der Waals surface area contributed by atoms with Crippen molar-refractivity contribution >= 4 is 28.9 Å². The fraction of sp³-hybridized carbons (Fsp3) is 0.556. The summed E-state index contributed by atoms with van der Waals surface area (Å²) in [6.45, 7) is 6.65. The molecule has 1 amide bonds. The number of hydrogen-bond donors (Lipinski definition) is 1. The summed E-state index contributed by atoms with van der Waals surface area (Å²) >= 11 is 1.28. The van der Waals surface area contributed by atoms with Crippen LogP contribution in [0.2, 0.25) is 0 Å². The van der Waals surface area contributed by atoms with Gasteiger partial charge < -0.3 is 19.7 Å². The zero-order valence-corrected chi connectivity index (χ0v) is 15.7. The molecule has 136 valence electrons. The van der Waals surface area contributed by atoms with Crippen LogP contribution in [0.15, 0.2) is 6.07 Å². The van der Waals surface area contributed by atoms with E-state index >= 15 is 0 Å². The van der Waals surface area contributed by atoms with Gasteiger partial charge in [-0.1, -0.05) is 25.7 Å². The van der Waals surface area contributed by atoms with Gasteiger partial charge in [0.15, 0.2) is 0 Å². The Morgan fingerprint density at radius 1 is 1.40 bits per heavy atom. The molecule has 0 bridgehead atoms. The lowest BCUT2D eigenvalue weighted by Gasteiger charge is -2.27. The van der Waals surface area contributed by atoms with Gasteiger partial charge in [0.25, 0.3) is 0 Å². The summed E-state index contributed by atoms with van der Waals surface area (Å²) in [5.74, 6) is 6.24. The number of rotatable bonds is 5. The molecule has 0 aliphatic carbocycles. The average molecular weight is 364 g/mol. The Labute approximate surface area is 152 Å². The zero-order valence-electron chi connectivity index (χ0n) is 14.9. The van der Waals surface area contributed by atoms with Gasteiger partial charge in [-0.3, -0.25) is 4.79 Å². The highest BCUT2D eigenvalue weighted by molar-refractivity contribution is 7.15. The van der Waals surface area contributed by atoms with Crippen molar-refractivity contribution in [1.29, 1.82) is 0 Å². The first-order valence-electron chi connectivity index (χ1n) is 8.31. The molecule has 0 radical (unpaired) electrons. The molecule has 0 atom stereocenters. The molecule has 1 aromatic heterocycles. The minimum absolute atomic E-state index is 0.0160. The number of ether oxygens (including phenoxy) is 2. The molecule has 0 spiro atoms. The highest BCUT2D eigenvalue weighted by Crippen LogP contribution is 2.27. The third-order valence-electron chi connectivity index (χ3n) is 3.62. The van der Waals surface area contributed by atoms with Crippen molar-refractivity contribution in [2.75, 3.05) is 45.3 Å². The van der Waals surface area contributed by atoms with Gasteiger partial charge in [0.05, 0.1) is 37.4 Å². The highest BCUT2D eigenvalue weighted by Gasteiger charge is 2.20. The molecule has 1 N–H and O–H groups in total. The number of nitrogens with zero attached hydrogens (tertiary/aromatic N) is 1. The van der Waals surface area contributed by atoms with Crippen LogP contribution in [0.25, 0.3) is 0 Å². The predicted molar refractivity (Wildman–Crippen MR) is 97.9 cm³/mol. The fourth-order valence-corrected chi connectivity index (χ4v) is 3.19. The average Bonchev–Trinajstić information content (AvgIpc) is 3.02. The topological polar surface area (TPSA) is 67.9 Å². The third kappa shape index (κ3) is 5.76. The maximum Gasteiger partial charge on any atom is 0.350 e. The summed E-state index contributed by atoms with van der Waals surface area (Å²) in [6, 6.07) is 1.80. The van der Waals surface area contributed by atoms with Crippen LogP contribution in [-0.2, 0) is 14.3 Å². The van der Waals surface area contributed by atoms with Gasteiger partial charge in [-0.25, -0.2) is 4.79 Å². The first-order valence-corrected chi connectivity index (χ1v) is 9.13. The number of carbonyl (C=O) groups excluding carboxylic acids is 2. The maximum atomic E-state index is 12.2. The van der Waals surface area contributed by atoms with Gasteiger partial charge in [0.2, 0.25) is 5.91 Å². The van der Waals surface area contributed by atoms with Crippen molar-refractivity contribution in [1.82, 2.24) is 4.90 Å². The van der Waals surface area contributed by atoms with E-state index in [1.54, 1.807) is 11.0 Å². The molecule has 0 saturated carbocycles. The van der Waals surface area contributed by atoms with Gasteiger partial charge in [-0.05, 0) is 12.0 Å². The van der Waals surface area contributed by atoms with Crippen LogP contribution in [0.4, 0.5) is 5.69 Å². The molecular formula is C18H24N2O4S. The van der Waals surface area contributed by atoms with E-state index in [2.05, 4.69) is 31.0 Å². The lowest BCUT2D eigenvalue weighted by molar-refractivity contribution is -0.133. The van der Waals surface area contributed by atoms with Gasteiger partial charge in [0, 0.05) is 19.5 Å². The molecule has 1 aliphatic heterocycles. The Balaban J connectivity index is 2.06. The molecule has 1 aromatic rings. The number of nitrogens with one attached hydrogen (secondary N) is 1. The van der Waals surface area contributed by atoms with Crippen molar-refractivity contribution in [3.63, 3.8) is 0 Å². The van der Waals surface area contributed by atoms with E-state index in [9.17, 15) is 9.59 Å². The Kier molecular flexibility index (Phi) is 7.29. The highest BCUT2D eigenvalue weighted by atomic mass is 32.1. The standard InChI is InChI=1S/C18H24N2O4S/c1-13(2)5-4-6-14-11-15(17(25-14)18(22)23-3)19-12-16(21)20-7-9-24-10-8-20/h11,13,19H,5,7-10,12H2,1-3H3. The van der Waals surface area contributed by atoms with Gasteiger partial charge in [0.1, 0.15) is 4.88 Å². The van der Waals surface area contributed by atoms with E-state index in [0.29, 0.717) is 42.8 Å². The second-order valence-corrected chi connectivity index (χ2v) is 7.14. The Hall–Kier alpha value is -2.04. The summed E-state index contributed by atoms with van der Waals surface area (Å²) in [4.78, 5) is 27.2. The molecule has 1 aliphatic rings. The van der Waals surface area contributed by atoms with Crippen LogP contribution in [0, 0.1) is 17.8 Å². The molecule has 1 fully saturated rings. The Morgan fingerprint density at radius 2 is 2.12 bits per heavy atom. The van der Waals surface area contributed by atoms with Crippen molar-refractivity contribution in [2.24, 2.45) is 5.92 Å². The first kappa shape index (κ1) is 19.3. The van der Waals surface area contributed by atoms with E-state index < -0.39 is 5.97 Å². The number of thiophene rings is 1. The van der Waals surface area contributed by atoms with Crippen molar-refractivity contribution in [3.05, 3.63) is 15.8 Å². The minimum Gasteiger partial charge on any atom is -0.465 e. The van der Waals surface area contributed by atoms with Gasteiger partial charge in [-0.2, -0.15) is 0 Å². The first-order chi connectivity index (χ1) is 12.0. The minimum atomic E-state index is -0.428. The second-order valence-electron chi connectivity index (χ2n) is 6.09. The van der Waals surface area contributed by atoms with Gasteiger partial charge in [-0.15, -0.1) is 11.3 Å². The van der Waals surface area contributed by atoms with Crippen molar-refractivity contribution in [3.8, 4) is 11.8 Å². The number of morpholine rings is 1. The quantitative estimate of drug-likeness (QED) is 0.641. The van der Waals surface area contributed by atoms with E-state index in [0.717, 1.165) is 11.3 Å². The SMILES string of the molecule is COC(=O)c1sc(C#CCC(C)C)cc1NCC(=O)N1CCOCC1. The summed E-state index contributed by atoms with van der Waals surface area (Å²) < 4.78 is 10.1. The lowest BCUT2D eigenvalue weighted by Crippen LogP contribution is -2.43. The summed E-state index contributed by atoms with van der Waals surface area (Å²) in [6.07, 6.45) is 0.795. The second kappa shape index (κ2) is 9.44. The van der Waals surface area contributed by atoms with E-state index in [-0.39, 0.29) is 12.5 Å². The molecular weight excluding hydrogens is 340 g/mol. The molecule has 2 heterocycles. The number of methoxy groups -OCH3 is 1. The number of carbonyl (C=O) groups is 2. The number of esters is 1. The zero-order chi connectivity index (χ0) is 18.2. The molecule has 6 nitrogen and oxygen atoms in total. The largest absolute Gasteiger partial charge is 0.465 e. The van der Waals surface area contributed by atoms with Crippen LogP contribution in [0.3, 0.4) is 0 Å². The predicted octanol–water partition coefficient (Wildman–Crippen LogP) is 2.20. The Bertz CT molecular complexity index is 666. The maximum absolute atomic E-state index is 12.2. The lowest BCUT2D eigenvalue weighted by atomic mass is 10.1. The van der Waals surface area contributed by atoms with Gasteiger partial charge >= 0.3 is 5.97 Å². The fourth-order valence-electron chi connectivity index (χ4n) is 2.27. The van der Waals surface area contributed by atoms with Crippen LogP contribution in [-0.4, -0.2) is 56.7 Å². The van der Waals surface area contributed by atoms with Crippen LogP contribution >= 0.6 is 11.3 Å². The van der Waals surface area contributed by atoms with E-state index in [4.69, 9.17) is 9.47 Å². The smallest absolute Gasteiger partial charge is 0.350 e. The molecule has 1 saturated heterocycles. The van der Waals surface area contributed by atoms with Crippen molar-refractivity contribution < 1.29 is 19.1 Å². The number of anilines is 1. The summed E-state index contributed by atoms with van der Waals surface area (Å²) in [5, 5.41) is 3.05. The third-order valence-corrected chi connectivity index (χ3v) is 4.65. The number of hydrogen-bond acceptors (Lipinski definition) is 6. The Morgan fingerprint density at radius 3 is 2.76 bits per heavy atom. The number of amides is 1. The van der Waals surface area contributed by atoms with Crippen LogP contribution in [0.1, 0.15) is 34.8 Å². The monoisotopic (exact) mass is 364 g/mol. The van der Waals surface area contributed by atoms with Crippen molar-refractivity contribution in [2.45, 2.75) is 20.3 Å². The molecule has 0 unspecified atom stereocenters. The van der Waals surface area contributed by atoms with E-state index in [1.165, 1.54) is 18.4 Å². The molecule has 2 rings (SSSR count). The normalized spacial score (nSPS) is 14.0. The summed E-state index contributed by atoms with van der Waals surface area (Å²) in [7, 11) is 1.34. The molecule has 7 heteroatoms.